The Morgan fingerprint density at radius 1 is 1.20 bits per heavy atom. The zero-order chi connectivity index (χ0) is 24.7. The number of hydrogen-bond donors (Lipinski definition) is 2. The SMILES string of the molecule is C#Cc1c(F)ccc2cc(O)cc(-c3ccc4c(N5CCOC(CO)C5)nc(OC)nc4c3F)c12. The maximum absolute atomic E-state index is 16.1. The van der Waals surface area contributed by atoms with E-state index in [1.807, 2.05) is 4.90 Å². The van der Waals surface area contributed by atoms with Crippen LogP contribution in [0.2, 0.25) is 0 Å². The van der Waals surface area contributed by atoms with E-state index in [2.05, 4.69) is 15.9 Å². The fourth-order valence-electron chi connectivity index (χ4n) is 4.47. The normalized spacial score (nSPS) is 16.0. The molecule has 2 N–H and O–H groups in total. The number of aliphatic hydroxyl groups is 1. The fraction of sp³-hybridized carbons (Fsp3) is 0.231. The first-order chi connectivity index (χ1) is 16.9. The predicted molar refractivity (Wildman–Crippen MR) is 128 cm³/mol. The van der Waals surface area contributed by atoms with Gasteiger partial charge in [-0.3, -0.25) is 0 Å². The van der Waals surface area contributed by atoms with Gasteiger partial charge >= 0.3 is 6.01 Å². The van der Waals surface area contributed by atoms with E-state index >= 15 is 4.39 Å². The molecule has 0 spiro atoms. The van der Waals surface area contributed by atoms with Crippen LogP contribution in [0.3, 0.4) is 0 Å². The number of phenols is 1. The van der Waals surface area contributed by atoms with Gasteiger partial charge < -0.3 is 24.6 Å². The number of fused-ring (bicyclic) bond motifs is 2. The zero-order valence-electron chi connectivity index (χ0n) is 18.8. The van der Waals surface area contributed by atoms with E-state index in [0.29, 0.717) is 41.7 Å². The molecular formula is C26H21F2N3O4. The highest BCUT2D eigenvalue weighted by Gasteiger charge is 2.26. The Hall–Kier alpha value is -4.00. The molecule has 1 aliphatic heterocycles. The molecule has 0 radical (unpaired) electrons. The molecule has 35 heavy (non-hydrogen) atoms. The Morgan fingerprint density at radius 3 is 2.77 bits per heavy atom. The molecule has 1 unspecified atom stereocenters. The van der Waals surface area contributed by atoms with E-state index < -0.39 is 17.7 Å². The minimum Gasteiger partial charge on any atom is -0.508 e. The first kappa shape index (κ1) is 22.8. The molecule has 4 aromatic rings. The smallest absolute Gasteiger partial charge is 0.318 e. The third kappa shape index (κ3) is 3.87. The highest BCUT2D eigenvalue weighted by atomic mass is 19.1. The van der Waals surface area contributed by atoms with Crippen molar-refractivity contribution in [3.8, 4) is 35.2 Å². The van der Waals surface area contributed by atoms with Gasteiger partial charge in [0.15, 0.2) is 5.82 Å². The molecule has 7 nitrogen and oxygen atoms in total. The summed E-state index contributed by atoms with van der Waals surface area (Å²) in [4.78, 5) is 10.6. The van der Waals surface area contributed by atoms with Crippen LogP contribution in [0.1, 0.15) is 5.56 Å². The molecular weight excluding hydrogens is 456 g/mol. The van der Waals surface area contributed by atoms with Crippen LogP contribution in [0.5, 0.6) is 11.8 Å². The summed E-state index contributed by atoms with van der Waals surface area (Å²) in [5.74, 6) is 1.34. The van der Waals surface area contributed by atoms with Crippen molar-refractivity contribution in [2.45, 2.75) is 6.10 Å². The Labute approximate surface area is 199 Å². The van der Waals surface area contributed by atoms with Gasteiger partial charge in [-0.05, 0) is 35.2 Å². The monoisotopic (exact) mass is 477 g/mol. The highest BCUT2D eigenvalue weighted by molar-refractivity contribution is 6.04. The highest BCUT2D eigenvalue weighted by Crippen LogP contribution is 2.40. The number of halogens is 2. The van der Waals surface area contributed by atoms with Crippen molar-refractivity contribution in [2.75, 3.05) is 38.3 Å². The molecule has 0 aliphatic carbocycles. The van der Waals surface area contributed by atoms with E-state index in [4.69, 9.17) is 15.9 Å². The Balaban J connectivity index is 1.77. The van der Waals surface area contributed by atoms with Gasteiger partial charge in [0.1, 0.15) is 22.9 Å². The van der Waals surface area contributed by atoms with Crippen molar-refractivity contribution >= 4 is 27.5 Å². The van der Waals surface area contributed by atoms with Gasteiger partial charge in [-0.1, -0.05) is 18.1 Å². The Morgan fingerprint density at radius 2 is 2.03 bits per heavy atom. The van der Waals surface area contributed by atoms with Crippen LogP contribution in [-0.4, -0.2) is 59.7 Å². The lowest BCUT2D eigenvalue weighted by molar-refractivity contribution is 0.00341. The number of aromatic nitrogens is 2. The maximum atomic E-state index is 16.1. The molecule has 178 valence electrons. The summed E-state index contributed by atoms with van der Waals surface area (Å²) in [7, 11) is 1.38. The largest absolute Gasteiger partial charge is 0.508 e. The Bertz CT molecular complexity index is 1500. The second-order valence-corrected chi connectivity index (χ2v) is 8.14. The molecule has 0 bridgehead atoms. The van der Waals surface area contributed by atoms with Crippen LogP contribution in [-0.2, 0) is 4.74 Å². The second kappa shape index (κ2) is 8.98. The number of terminal acetylenes is 1. The molecule has 3 aromatic carbocycles. The number of phenolic OH excluding ortho intramolecular Hbond substituents is 1. The molecule has 0 amide bonds. The van der Waals surface area contributed by atoms with Gasteiger partial charge in [0, 0.05) is 29.4 Å². The van der Waals surface area contributed by atoms with E-state index in [1.54, 1.807) is 6.07 Å². The number of aromatic hydroxyl groups is 1. The van der Waals surface area contributed by atoms with Crippen LogP contribution in [0.25, 0.3) is 32.8 Å². The van der Waals surface area contributed by atoms with Crippen molar-refractivity contribution in [2.24, 2.45) is 0 Å². The minimum atomic E-state index is -0.699. The number of hydrogen-bond acceptors (Lipinski definition) is 7. The molecule has 1 atom stereocenters. The van der Waals surface area contributed by atoms with Crippen molar-refractivity contribution < 1.29 is 28.5 Å². The van der Waals surface area contributed by atoms with Gasteiger partial charge in [0.05, 0.1) is 32.0 Å². The van der Waals surface area contributed by atoms with Crippen molar-refractivity contribution in [1.82, 2.24) is 9.97 Å². The number of morpholine rings is 1. The van der Waals surface area contributed by atoms with Crippen LogP contribution in [0, 0.1) is 24.0 Å². The predicted octanol–water partition coefficient (Wildman–Crippen LogP) is 3.62. The first-order valence-electron chi connectivity index (χ1n) is 10.9. The third-order valence-corrected chi connectivity index (χ3v) is 6.08. The lowest BCUT2D eigenvalue weighted by Crippen LogP contribution is -2.44. The molecule has 5 rings (SSSR count). The molecule has 0 saturated carbocycles. The third-order valence-electron chi connectivity index (χ3n) is 6.08. The summed E-state index contributed by atoms with van der Waals surface area (Å²) in [5.41, 5.74) is 0.285. The zero-order valence-corrected chi connectivity index (χ0v) is 18.8. The molecule has 9 heteroatoms. The second-order valence-electron chi connectivity index (χ2n) is 8.14. The molecule has 1 aliphatic rings. The van der Waals surface area contributed by atoms with Crippen molar-refractivity contribution in [3.05, 3.63) is 53.6 Å². The number of benzene rings is 3. The van der Waals surface area contributed by atoms with E-state index in [0.717, 1.165) is 0 Å². The summed E-state index contributed by atoms with van der Waals surface area (Å²) in [6.07, 6.45) is 5.17. The quantitative estimate of drug-likeness (QED) is 0.434. The average Bonchev–Trinajstić information content (AvgIpc) is 2.88. The van der Waals surface area contributed by atoms with E-state index in [-0.39, 0.29) is 40.6 Å². The van der Waals surface area contributed by atoms with Gasteiger partial charge in [-0.15, -0.1) is 6.42 Å². The Kier molecular flexibility index (Phi) is 5.84. The summed E-state index contributed by atoms with van der Waals surface area (Å²) in [6.45, 7) is 1.05. The van der Waals surface area contributed by atoms with Gasteiger partial charge in [-0.2, -0.15) is 9.97 Å². The number of methoxy groups -OCH3 is 1. The van der Waals surface area contributed by atoms with Gasteiger partial charge in [-0.25, -0.2) is 8.78 Å². The fourth-order valence-corrected chi connectivity index (χ4v) is 4.47. The summed E-state index contributed by atoms with van der Waals surface area (Å²) >= 11 is 0. The van der Waals surface area contributed by atoms with Crippen LogP contribution in [0.15, 0.2) is 36.4 Å². The standard InChI is InChI=1S/C26H21F2N3O4/c1-3-17-21(27)7-4-14-10-15(33)11-20(22(14)17)18-5-6-19-24(23(18)28)29-26(34-2)30-25(19)31-8-9-35-16(12-31)13-32/h1,4-7,10-11,16,32-33H,8-9,12-13H2,2H3. The first-order valence-corrected chi connectivity index (χ1v) is 10.9. The van der Waals surface area contributed by atoms with E-state index in [9.17, 15) is 14.6 Å². The lowest BCUT2D eigenvalue weighted by atomic mass is 9.93. The van der Waals surface area contributed by atoms with Gasteiger partial charge in [0.25, 0.3) is 0 Å². The number of nitrogens with zero attached hydrogens (tertiary/aromatic N) is 3. The molecule has 1 saturated heterocycles. The summed E-state index contributed by atoms with van der Waals surface area (Å²) in [6, 6.07) is 8.64. The van der Waals surface area contributed by atoms with Crippen LogP contribution < -0.4 is 9.64 Å². The van der Waals surface area contributed by atoms with Crippen molar-refractivity contribution in [1.29, 1.82) is 0 Å². The van der Waals surface area contributed by atoms with Crippen molar-refractivity contribution in [3.63, 3.8) is 0 Å². The molecule has 2 heterocycles. The molecule has 1 aromatic heterocycles. The average molecular weight is 477 g/mol. The number of ether oxygens (including phenoxy) is 2. The minimum absolute atomic E-state index is 0.00783. The number of rotatable bonds is 4. The summed E-state index contributed by atoms with van der Waals surface area (Å²) < 4.78 is 41.4. The maximum Gasteiger partial charge on any atom is 0.318 e. The van der Waals surface area contributed by atoms with Crippen LogP contribution >= 0.6 is 0 Å². The van der Waals surface area contributed by atoms with Gasteiger partial charge in [0.2, 0.25) is 0 Å². The molecule has 1 fully saturated rings. The topological polar surface area (TPSA) is 87.9 Å². The number of aliphatic hydroxyl groups excluding tert-OH is 1. The van der Waals surface area contributed by atoms with Crippen LogP contribution in [0.4, 0.5) is 14.6 Å². The lowest BCUT2D eigenvalue weighted by Gasteiger charge is -2.33. The number of anilines is 1. The van der Waals surface area contributed by atoms with E-state index in [1.165, 1.54) is 37.4 Å². The summed E-state index contributed by atoms with van der Waals surface area (Å²) in [5, 5.41) is 21.0.